The molecule has 6 heteroatoms. The fraction of sp³-hybridized carbons (Fsp3) is 0. The van der Waals surface area contributed by atoms with Gasteiger partial charge in [-0.15, -0.1) is 0 Å². The van der Waals surface area contributed by atoms with Gasteiger partial charge in [0.1, 0.15) is 0 Å². The van der Waals surface area contributed by atoms with Crippen molar-refractivity contribution in [3.05, 3.63) is 121 Å². The van der Waals surface area contributed by atoms with Gasteiger partial charge in [-0.3, -0.25) is 0 Å². The molecule has 0 aromatic heterocycles. The molecule has 0 saturated carbocycles. The van der Waals surface area contributed by atoms with Gasteiger partial charge in [-0.05, 0) is 0 Å². The van der Waals surface area contributed by atoms with Crippen molar-refractivity contribution in [2.24, 2.45) is 4.52 Å². The maximum absolute atomic E-state index is 6.12. The fourth-order valence-corrected chi connectivity index (χ4v) is 93.9. The normalized spacial score (nSPS) is 17.1. The number of hydrogen-bond donors (Lipinski definition) is 0. The molecule has 30 heavy (non-hydrogen) atoms. The van der Waals surface area contributed by atoms with E-state index in [1.54, 1.807) is 0 Å². The predicted molar refractivity (Wildman–Crippen MR) is 138 cm³/mol. The molecule has 1 nitrogen and oxygen atoms in total. The molecule has 1 aliphatic rings. The molecule has 1 aliphatic heterocycles. The van der Waals surface area contributed by atoms with Crippen LogP contribution in [0.1, 0.15) is 0 Å². The van der Waals surface area contributed by atoms with E-state index in [9.17, 15) is 0 Å². The summed E-state index contributed by atoms with van der Waals surface area (Å²) in [4.78, 5) is 0. The molecule has 148 valence electrons. The van der Waals surface area contributed by atoms with Crippen molar-refractivity contribution in [1.29, 1.82) is 0 Å². The van der Waals surface area contributed by atoms with Gasteiger partial charge >= 0.3 is 196 Å². The Balaban J connectivity index is 1.87. The molecule has 0 bridgehead atoms. The molecule has 0 saturated heterocycles. The molecule has 0 fully saturated rings. The third kappa shape index (κ3) is 3.87. The zero-order valence-corrected chi connectivity index (χ0v) is 23.0. The number of hydrogen-bond acceptors (Lipinski definition) is 1. The minimum absolute atomic E-state index is 0.551. The van der Waals surface area contributed by atoms with Gasteiger partial charge < -0.3 is 0 Å². The van der Waals surface area contributed by atoms with Gasteiger partial charge in [-0.25, -0.2) is 0 Å². The van der Waals surface area contributed by atoms with E-state index in [2.05, 4.69) is 121 Å². The van der Waals surface area contributed by atoms with Crippen molar-refractivity contribution >= 4 is 69.7 Å². The van der Waals surface area contributed by atoms with Crippen LogP contribution in [0.25, 0.3) is 0 Å². The van der Waals surface area contributed by atoms with Crippen LogP contribution in [0.5, 0.6) is 0 Å². The van der Waals surface area contributed by atoms with Gasteiger partial charge in [-0.1, -0.05) is 0 Å². The van der Waals surface area contributed by atoms with E-state index in [1.165, 1.54) is 21.2 Å². The molecule has 5 rings (SSSR count). The van der Waals surface area contributed by atoms with E-state index in [4.69, 9.17) is 4.52 Å². The van der Waals surface area contributed by atoms with Gasteiger partial charge in [0.05, 0.1) is 0 Å². The number of nitrogens with zero attached hydrogens (tertiary/aromatic N) is 1. The van der Waals surface area contributed by atoms with Gasteiger partial charge in [0, 0.05) is 0 Å². The van der Waals surface area contributed by atoms with Crippen molar-refractivity contribution in [2.45, 2.75) is 0 Å². The van der Waals surface area contributed by atoms with E-state index in [0.717, 1.165) is 0 Å². The third-order valence-corrected chi connectivity index (χ3v) is 61.8. The Morgan fingerprint density at radius 2 is 0.933 bits per heavy atom. The van der Waals surface area contributed by atoms with Crippen LogP contribution in [-0.4, -0.2) is 36.7 Å². The first-order chi connectivity index (χ1) is 14.8. The Morgan fingerprint density at radius 3 is 1.37 bits per heavy atom. The zero-order chi connectivity index (χ0) is 20.3. The molecule has 1 heterocycles. The second-order valence-electron chi connectivity index (χ2n) is 6.80. The van der Waals surface area contributed by atoms with Gasteiger partial charge in [0.15, 0.2) is 0 Å². The quantitative estimate of drug-likeness (QED) is 0.240. The maximum atomic E-state index is 6.12. The Bertz CT molecular complexity index is 1090. The summed E-state index contributed by atoms with van der Waals surface area (Å²) in [6.45, 7) is 0. The van der Waals surface area contributed by atoms with E-state index >= 15 is 0 Å². The molecule has 0 amide bonds. The molecule has 0 unspecified atom stereocenters. The van der Waals surface area contributed by atoms with E-state index in [0.29, 0.717) is 36.7 Å². The average Bonchev–Trinajstić information content (AvgIpc) is 2.86. The molecule has 0 spiro atoms. The van der Waals surface area contributed by atoms with Crippen molar-refractivity contribution in [3.63, 3.8) is 0 Å². The summed E-state index contributed by atoms with van der Waals surface area (Å²) in [6, 6.07) is 44.8. The second kappa shape index (κ2) is 9.30. The Hall–Kier alpha value is -0.902. The molecular formula is C24H20NP2Se3+. The summed E-state index contributed by atoms with van der Waals surface area (Å²) in [5, 5.41) is 5.85. The van der Waals surface area contributed by atoms with Crippen LogP contribution in [0.2, 0.25) is 0 Å². The predicted octanol–water partition coefficient (Wildman–Crippen LogP) is 4.21. The molecular weight excluding hydrogens is 601 g/mol. The van der Waals surface area contributed by atoms with Crippen molar-refractivity contribution in [2.75, 3.05) is 0 Å². The minimum atomic E-state index is -1.77. The van der Waals surface area contributed by atoms with Gasteiger partial charge in [-0.2, -0.15) is 0 Å². The van der Waals surface area contributed by atoms with Crippen LogP contribution in [0.15, 0.2) is 126 Å². The van der Waals surface area contributed by atoms with Crippen molar-refractivity contribution in [3.8, 4) is 0 Å². The summed E-state index contributed by atoms with van der Waals surface area (Å²) in [5.74, 6) is -1.77. The van der Waals surface area contributed by atoms with Crippen LogP contribution in [0.4, 0.5) is 0 Å². The summed E-state index contributed by atoms with van der Waals surface area (Å²) in [6.07, 6.45) is -1.77. The summed E-state index contributed by atoms with van der Waals surface area (Å²) in [7, 11) is 0. The molecule has 4 aromatic rings. The number of rotatable bonds is 4. The van der Waals surface area contributed by atoms with Crippen LogP contribution in [-0.2, 0) is 0 Å². The molecule has 4 aromatic carbocycles. The SMILES string of the molecule is c1ccc(P2(c3ccccc3)=N[P+](c3ccccc3)(c3ccccc3)[Se][Se][Se]2)cc1. The van der Waals surface area contributed by atoms with Gasteiger partial charge in [0.25, 0.3) is 0 Å². The summed E-state index contributed by atoms with van der Waals surface area (Å²) < 4.78 is 6.12. The summed E-state index contributed by atoms with van der Waals surface area (Å²) >= 11 is 1.77. The topological polar surface area (TPSA) is 12.4 Å². The summed E-state index contributed by atoms with van der Waals surface area (Å²) in [5.41, 5.74) is 0. The van der Waals surface area contributed by atoms with E-state index < -0.39 is 11.8 Å². The molecule has 0 atom stereocenters. The monoisotopic (exact) mass is 624 g/mol. The van der Waals surface area contributed by atoms with Crippen molar-refractivity contribution < 1.29 is 0 Å². The molecule has 0 aliphatic carbocycles. The molecule has 0 radical (unpaired) electrons. The third-order valence-electron chi connectivity index (χ3n) is 4.95. The first kappa shape index (κ1) is 21.0. The number of benzene rings is 4. The van der Waals surface area contributed by atoms with Crippen LogP contribution in [0.3, 0.4) is 0 Å². The Labute approximate surface area is 194 Å². The van der Waals surface area contributed by atoms with Crippen LogP contribution < -0.4 is 21.2 Å². The van der Waals surface area contributed by atoms with Crippen molar-refractivity contribution in [1.82, 2.24) is 0 Å². The average molecular weight is 621 g/mol. The standard InChI is InChI=1S/C24H20NP2Se3/c1-5-13-21(14-6-1)26(22-15-7-2-8-16-22)25-27(29-30-28-26,23-17-9-3-10-18-23)24-19-11-4-12-20-24/h1-20H/q+1. The second-order valence-corrected chi connectivity index (χ2v) is 39.9. The Morgan fingerprint density at radius 1 is 0.533 bits per heavy atom. The zero-order valence-electron chi connectivity index (χ0n) is 16.1. The van der Waals surface area contributed by atoms with Gasteiger partial charge in [0.2, 0.25) is 0 Å². The van der Waals surface area contributed by atoms with Crippen LogP contribution in [0, 0.1) is 0 Å². The first-order valence-electron chi connectivity index (χ1n) is 9.64. The van der Waals surface area contributed by atoms with Crippen LogP contribution >= 0.6 is 11.8 Å². The fourth-order valence-electron chi connectivity index (χ4n) is 3.51. The Kier molecular flexibility index (Phi) is 6.50. The van der Waals surface area contributed by atoms with E-state index in [-0.39, 0.29) is 0 Å². The molecule has 0 N–H and O–H groups in total. The van der Waals surface area contributed by atoms with E-state index in [1.807, 2.05) is 0 Å². The first-order valence-corrected chi connectivity index (χ1v) is 26.2.